The lowest BCUT2D eigenvalue weighted by molar-refractivity contribution is -0.166. The summed E-state index contributed by atoms with van der Waals surface area (Å²) in [5, 5.41) is 0. The van der Waals surface area contributed by atoms with Gasteiger partial charge in [-0.1, -0.05) is 198 Å². The van der Waals surface area contributed by atoms with Crippen molar-refractivity contribution in [3.8, 4) is 0 Å². The second-order valence-electron chi connectivity index (χ2n) is 15.3. The number of esters is 3. The predicted octanol–water partition coefficient (Wildman–Crippen LogP) is 16.2. The van der Waals surface area contributed by atoms with Gasteiger partial charge in [0.25, 0.3) is 0 Å². The van der Waals surface area contributed by atoms with E-state index in [4.69, 9.17) is 14.2 Å². The van der Waals surface area contributed by atoms with Crippen LogP contribution in [-0.2, 0) is 28.6 Å². The van der Waals surface area contributed by atoms with Crippen LogP contribution in [0.2, 0.25) is 0 Å². The molecule has 0 spiro atoms. The average molecular weight is 879 g/mol. The molecule has 0 heterocycles. The number of unbranched alkanes of at least 4 members (excludes halogenated alkanes) is 7. The molecule has 0 radical (unpaired) electrons. The monoisotopic (exact) mass is 879 g/mol. The lowest BCUT2D eigenvalue weighted by Crippen LogP contribution is -2.30. The van der Waals surface area contributed by atoms with Crippen LogP contribution in [0, 0.1) is 0 Å². The molecule has 0 aromatic heterocycles. The minimum Gasteiger partial charge on any atom is -0.462 e. The fourth-order valence-corrected chi connectivity index (χ4v) is 5.73. The molecule has 0 bridgehead atoms. The molecule has 6 heteroatoms. The summed E-state index contributed by atoms with van der Waals surface area (Å²) < 4.78 is 16.6. The van der Waals surface area contributed by atoms with E-state index in [1.54, 1.807) is 0 Å². The molecular formula is C58H86O6. The Labute approximate surface area is 390 Å². The van der Waals surface area contributed by atoms with Gasteiger partial charge < -0.3 is 14.2 Å². The molecule has 0 fully saturated rings. The first-order valence-electron chi connectivity index (χ1n) is 24.5. The van der Waals surface area contributed by atoms with E-state index < -0.39 is 12.1 Å². The van der Waals surface area contributed by atoms with Gasteiger partial charge in [-0.15, -0.1) is 0 Å². The number of carbonyl (C=O) groups is 3. The van der Waals surface area contributed by atoms with E-state index in [9.17, 15) is 14.4 Å². The highest BCUT2D eigenvalue weighted by atomic mass is 16.6. The van der Waals surface area contributed by atoms with Gasteiger partial charge in [-0.3, -0.25) is 14.4 Å². The molecule has 0 aromatic carbocycles. The second-order valence-corrected chi connectivity index (χ2v) is 15.3. The summed E-state index contributed by atoms with van der Waals surface area (Å²) in [5.74, 6) is -1.15. The number of hydrogen-bond acceptors (Lipinski definition) is 6. The molecule has 0 aliphatic heterocycles. The van der Waals surface area contributed by atoms with E-state index in [1.165, 1.54) is 25.7 Å². The predicted molar refractivity (Wildman–Crippen MR) is 274 cm³/mol. The molecule has 1 unspecified atom stereocenters. The number of allylic oxidation sites excluding steroid dienone is 26. The van der Waals surface area contributed by atoms with Gasteiger partial charge in [-0.05, 0) is 109 Å². The van der Waals surface area contributed by atoms with Gasteiger partial charge in [0, 0.05) is 19.3 Å². The van der Waals surface area contributed by atoms with E-state index in [-0.39, 0.29) is 44.4 Å². The Hall–Kier alpha value is -4.97. The fourth-order valence-electron chi connectivity index (χ4n) is 5.73. The highest BCUT2D eigenvalue weighted by molar-refractivity contribution is 5.71. The van der Waals surface area contributed by atoms with Crippen molar-refractivity contribution in [3.05, 3.63) is 158 Å². The van der Waals surface area contributed by atoms with Gasteiger partial charge in [0.15, 0.2) is 6.10 Å². The Morgan fingerprint density at radius 2 is 0.734 bits per heavy atom. The standard InChI is InChI=1S/C58H86O6/c1-4-7-10-13-16-19-22-25-27-29-31-33-36-39-42-45-48-51-57(60)63-54-55(53-62-56(59)50-47-44-41-38-35-32-24-21-18-15-12-9-6-3)64-58(61)52-49-46-43-40-37-34-30-28-26-23-20-17-14-11-8-5-2/h8-9,11-12,15-21,24-28,31-35,37,39,42-43,46,55H,4-7,10,13-14,22-23,29-30,36,38,40-41,44-45,47-54H2,1-3H3/b11-8-,12-9-,18-15-,19-16-,20-17-,24-21-,27-25-,28-26-,33-31-,35-32-,37-34-,42-39-,46-43-. The first-order chi connectivity index (χ1) is 31.5. The van der Waals surface area contributed by atoms with Crippen LogP contribution in [0.15, 0.2) is 158 Å². The average Bonchev–Trinajstić information content (AvgIpc) is 3.29. The molecule has 1 atom stereocenters. The van der Waals surface area contributed by atoms with E-state index in [0.29, 0.717) is 19.3 Å². The summed E-state index contributed by atoms with van der Waals surface area (Å²) in [6.45, 7) is 6.17. The second kappa shape index (κ2) is 50.7. The summed E-state index contributed by atoms with van der Waals surface area (Å²) in [6.07, 6.45) is 73.9. The summed E-state index contributed by atoms with van der Waals surface area (Å²) >= 11 is 0. The molecule has 0 saturated carbocycles. The van der Waals surface area contributed by atoms with E-state index in [0.717, 1.165) is 83.5 Å². The van der Waals surface area contributed by atoms with Crippen LogP contribution >= 0.6 is 0 Å². The normalized spacial score (nSPS) is 13.5. The van der Waals surface area contributed by atoms with Gasteiger partial charge in [0.2, 0.25) is 0 Å². The first kappa shape index (κ1) is 59.0. The van der Waals surface area contributed by atoms with Crippen molar-refractivity contribution in [2.75, 3.05) is 13.2 Å². The molecule has 64 heavy (non-hydrogen) atoms. The third kappa shape index (κ3) is 48.1. The van der Waals surface area contributed by atoms with E-state index in [1.807, 2.05) is 48.6 Å². The number of hydrogen-bond donors (Lipinski definition) is 0. The maximum Gasteiger partial charge on any atom is 0.306 e. The van der Waals surface area contributed by atoms with Gasteiger partial charge in [0.1, 0.15) is 13.2 Å². The van der Waals surface area contributed by atoms with Crippen LogP contribution in [0.1, 0.15) is 168 Å². The van der Waals surface area contributed by atoms with Crippen molar-refractivity contribution >= 4 is 17.9 Å². The Balaban J connectivity index is 4.69. The van der Waals surface area contributed by atoms with Crippen molar-refractivity contribution in [3.63, 3.8) is 0 Å². The highest BCUT2D eigenvalue weighted by Gasteiger charge is 2.19. The lowest BCUT2D eigenvalue weighted by Gasteiger charge is -2.18. The molecule has 0 rings (SSSR count). The van der Waals surface area contributed by atoms with Crippen LogP contribution < -0.4 is 0 Å². The third-order valence-electron chi connectivity index (χ3n) is 9.36. The SMILES string of the molecule is CC\C=C/C=C\C=C/C=C\CCCCCC(=O)OCC(COC(=O)CCC/C=C\C/C=C\C/C=C\C/C=C\CCCCC)OC(=O)CC/C=C\C/C=C\C/C=C\C/C=C\C/C=C\CC. The van der Waals surface area contributed by atoms with Crippen molar-refractivity contribution in [1.82, 2.24) is 0 Å². The Morgan fingerprint density at radius 1 is 0.344 bits per heavy atom. The van der Waals surface area contributed by atoms with Gasteiger partial charge >= 0.3 is 17.9 Å². The molecule has 0 aliphatic carbocycles. The van der Waals surface area contributed by atoms with Crippen LogP contribution in [0.25, 0.3) is 0 Å². The topological polar surface area (TPSA) is 78.9 Å². The molecule has 0 saturated heterocycles. The molecule has 0 N–H and O–H groups in total. The molecule has 6 nitrogen and oxygen atoms in total. The molecule has 0 aromatic rings. The van der Waals surface area contributed by atoms with Crippen LogP contribution in [0.4, 0.5) is 0 Å². The zero-order valence-corrected chi connectivity index (χ0v) is 40.2. The fraction of sp³-hybridized carbons (Fsp3) is 0.500. The van der Waals surface area contributed by atoms with Crippen molar-refractivity contribution < 1.29 is 28.6 Å². The Kier molecular flexibility index (Phi) is 46.7. The van der Waals surface area contributed by atoms with Crippen molar-refractivity contribution in [2.45, 2.75) is 175 Å². The van der Waals surface area contributed by atoms with Gasteiger partial charge in [-0.2, -0.15) is 0 Å². The quantitative estimate of drug-likeness (QED) is 0.0200. The number of rotatable bonds is 41. The zero-order chi connectivity index (χ0) is 46.5. The summed E-state index contributed by atoms with van der Waals surface area (Å²) in [7, 11) is 0. The van der Waals surface area contributed by atoms with Crippen molar-refractivity contribution in [2.24, 2.45) is 0 Å². The molecule has 0 aliphatic rings. The maximum atomic E-state index is 12.7. The largest absolute Gasteiger partial charge is 0.462 e. The maximum absolute atomic E-state index is 12.7. The minimum atomic E-state index is -0.863. The Morgan fingerprint density at radius 3 is 1.23 bits per heavy atom. The summed E-state index contributed by atoms with van der Waals surface area (Å²) in [4.78, 5) is 37.9. The van der Waals surface area contributed by atoms with Gasteiger partial charge in [0.05, 0.1) is 0 Å². The summed E-state index contributed by atoms with van der Waals surface area (Å²) in [5.41, 5.74) is 0. The molecule has 0 amide bonds. The van der Waals surface area contributed by atoms with Crippen LogP contribution in [-0.4, -0.2) is 37.2 Å². The Bertz CT molecular complexity index is 1520. The smallest absolute Gasteiger partial charge is 0.306 e. The minimum absolute atomic E-state index is 0.153. The number of carbonyl (C=O) groups excluding carboxylic acids is 3. The first-order valence-corrected chi connectivity index (χ1v) is 24.5. The lowest BCUT2D eigenvalue weighted by atomic mass is 10.1. The van der Waals surface area contributed by atoms with Crippen molar-refractivity contribution in [1.29, 1.82) is 0 Å². The summed E-state index contributed by atoms with van der Waals surface area (Å²) in [6, 6.07) is 0. The third-order valence-corrected chi connectivity index (χ3v) is 9.36. The highest BCUT2D eigenvalue weighted by Crippen LogP contribution is 2.09. The number of ether oxygens (including phenoxy) is 3. The zero-order valence-electron chi connectivity index (χ0n) is 40.2. The van der Waals surface area contributed by atoms with Gasteiger partial charge in [-0.25, -0.2) is 0 Å². The van der Waals surface area contributed by atoms with Crippen LogP contribution in [0.5, 0.6) is 0 Å². The molecule has 354 valence electrons. The molecular weight excluding hydrogens is 793 g/mol. The van der Waals surface area contributed by atoms with Crippen LogP contribution in [0.3, 0.4) is 0 Å². The van der Waals surface area contributed by atoms with E-state index >= 15 is 0 Å². The van der Waals surface area contributed by atoms with E-state index in [2.05, 4.69) is 130 Å².